The smallest absolute Gasteiger partial charge is 0.154 e. The number of sulfone groups is 1. The molecule has 0 saturated carbocycles. The molecule has 0 bridgehead atoms. The second-order valence-corrected chi connectivity index (χ2v) is 9.20. The predicted molar refractivity (Wildman–Crippen MR) is 91.2 cm³/mol. The van der Waals surface area contributed by atoms with Crippen molar-refractivity contribution in [3.8, 4) is 0 Å². The Hall–Kier alpha value is -0.290. The van der Waals surface area contributed by atoms with Crippen molar-refractivity contribution >= 4 is 33.0 Å². The molecule has 0 aliphatic heterocycles. The fraction of sp³-hybridized carbons (Fsp3) is 0.600. The minimum absolute atomic E-state index is 0.259. The zero-order chi connectivity index (χ0) is 16.3. The molecule has 0 amide bonds. The summed E-state index contributed by atoms with van der Waals surface area (Å²) in [6.45, 7) is 6.26. The van der Waals surface area contributed by atoms with Crippen molar-refractivity contribution in [3.63, 3.8) is 0 Å². The third-order valence-corrected chi connectivity index (χ3v) is 6.81. The lowest BCUT2D eigenvalue weighted by Crippen LogP contribution is -2.52. The van der Waals surface area contributed by atoms with Crippen molar-refractivity contribution in [1.82, 2.24) is 5.32 Å². The van der Waals surface area contributed by atoms with Crippen LogP contribution >= 0.6 is 23.2 Å². The number of halogens is 2. The van der Waals surface area contributed by atoms with Gasteiger partial charge in [0, 0.05) is 22.3 Å². The lowest BCUT2D eigenvalue weighted by Gasteiger charge is -2.34. The van der Waals surface area contributed by atoms with Gasteiger partial charge < -0.3 is 5.32 Å². The van der Waals surface area contributed by atoms with Gasteiger partial charge in [0.25, 0.3) is 0 Å². The zero-order valence-electron chi connectivity index (χ0n) is 12.9. The normalized spacial score (nSPS) is 14.2. The molecule has 0 heterocycles. The monoisotopic (exact) mass is 351 g/mol. The molecule has 0 aliphatic rings. The first-order chi connectivity index (χ1) is 9.61. The maximum Gasteiger partial charge on any atom is 0.154 e. The van der Waals surface area contributed by atoms with Gasteiger partial charge in [-0.2, -0.15) is 0 Å². The molecule has 21 heavy (non-hydrogen) atoms. The van der Waals surface area contributed by atoms with E-state index >= 15 is 0 Å². The number of benzene rings is 1. The summed E-state index contributed by atoms with van der Waals surface area (Å²) in [7, 11) is -3.23. The molecule has 0 fully saturated rings. The largest absolute Gasteiger partial charge is 0.312 e. The van der Waals surface area contributed by atoms with E-state index in [1.165, 1.54) is 6.26 Å². The second kappa shape index (κ2) is 7.32. The van der Waals surface area contributed by atoms with Gasteiger partial charge in [-0.3, -0.25) is 0 Å². The lowest BCUT2D eigenvalue weighted by molar-refractivity contribution is 0.406. The van der Waals surface area contributed by atoms with E-state index in [1.54, 1.807) is 32.0 Å². The first-order valence-electron chi connectivity index (χ1n) is 6.97. The third-order valence-electron chi connectivity index (χ3n) is 3.91. The first kappa shape index (κ1) is 18.8. The Morgan fingerprint density at radius 3 is 2.19 bits per heavy atom. The summed E-state index contributed by atoms with van der Waals surface area (Å²) in [6.07, 6.45) is 2.66. The highest BCUT2D eigenvalue weighted by molar-refractivity contribution is 7.92. The number of hydrogen-bond donors (Lipinski definition) is 1. The molecule has 0 aromatic heterocycles. The van der Waals surface area contributed by atoms with Gasteiger partial charge in [0.15, 0.2) is 9.84 Å². The van der Waals surface area contributed by atoms with Crippen LogP contribution < -0.4 is 5.32 Å². The van der Waals surface area contributed by atoms with Crippen LogP contribution in [0.5, 0.6) is 0 Å². The lowest BCUT2D eigenvalue weighted by atomic mass is 9.95. The molecular formula is C15H23Cl2NO2S. The second-order valence-electron chi connectivity index (χ2n) is 5.79. The van der Waals surface area contributed by atoms with Crippen LogP contribution in [0.3, 0.4) is 0 Å². The molecule has 1 N–H and O–H groups in total. The maximum absolute atomic E-state index is 12.1. The van der Waals surface area contributed by atoms with Crippen LogP contribution in [0, 0.1) is 0 Å². The first-order valence-corrected chi connectivity index (χ1v) is 9.61. The fourth-order valence-corrected chi connectivity index (χ4v) is 3.31. The fourth-order valence-electron chi connectivity index (χ4n) is 2.07. The van der Waals surface area contributed by atoms with Gasteiger partial charge in [0.1, 0.15) is 0 Å². The van der Waals surface area contributed by atoms with Crippen LogP contribution in [0.4, 0.5) is 0 Å². The summed E-state index contributed by atoms with van der Waals surface area (Å²) >= 11 is 12.4. The van der Waals surface area contributed by atoms with Crippen molar-refractivity contribution < 1.29 is 8.42 Å². The molecule has 0 radical (unpaired) electrons. The van der Waals surface area contributed by atoms with Gasteiger partial charge in [-0.25, -0.2) is 8.42 Å². The van der Waals surface area contributed by atoms with Crippen LogP contribution in [0.1, 0.15) is 32.8 Å². The Labute approximate surface area is 137 Å². The minimum atomic E-state index is -3.23. The van der Waals surface area contributed by atoms with Gasteiger partial charge in [0.2, 0.25) is 0 Å². The van der Waals surface area contributed by atoms with E-state index in [2.05, 4.69) is 5.32 Å². The molecule has 1 aromatic rings. The SMILES string of the molecule is CCCNC(Cc1c(Cl)cccc1Cl)C(C)(C)S(C)(=O)=O. The van der Waals surface area contributed by atoms with Gasteiger partial charge in [0.05, 0.1) is 4.75 Å². The topological polar surface area (TPSA) is 46.2 Å². The minimum Gasteiger partial charge on any atom is -0.312 e. The Kier molecular flexibility index (Phi) is 6.54. The van der Waals surface area contributed by atoms with Crippen molar-refractivity contribution in [3.05, 3.63) is 33.8 Å². The Morgan fingerprint density at radius 2 is 1.76 bits per heavy atom. The van der Waals surface area contributed by atoms with Crippen LogP contribution in [-0.2, 0) is 16.3 Å². The van der Waals surface area contributed by atoms with Crippen LogP contribution in [-0.4, -0.2) is 32.0 Å². The van der Waals surface area contributed by atoms with Crippen LogP contribution in [0.2, 0.25) is 10.0 Å². The summed E-state index contributed by atoms with van der Waals surface area (Å²) in [5.41, 5.74) is 0.783. The quantitative estimate of drug-likeness (QED) is 0.813. The summed E-state index contributed by atoms with van der Waals surface area (Å²) in [5, 5.41) is 4.45. The number of nitrogens with one attached hydrogen (secondary N) is 1. The van der Waals surface area contributed by atoms with E-state index in [0.717, 1.165) is 18.5 Å². The molecule has 1 atom stereocenters. The molecule has 0 spiro atoms. The number of rotatable bonds is 7. The zero-order valence-corrected chi connectivity index (χ0v) is 15.2. The summed E-state index contributed by atoms with van der Waals surface area (Å²) in [4.78, 5) is 0. The summed E-state index contributed by atoms with van der Waals surface area (Å²) in [5.74, 6) is 0. The average Bonchev–Trinajstić information content (AvgIpc) is 2.35. The van der Waals surface area contributed by atoms with Gasteiger partial charge in [-0.05, 0) is 50.9 Å². The van der Waals surface area contributed by atoms with E-state index in [0.29, 0.717) is 16.5 Å². The summed E-state index contributed by atoms with van der Waals surface area (Å²) in [6, 6.07) is 5.06. The molecule has 120 valence electrons. The molecule has 0 saturated heterocycles. The molecular weight excluding hydrogens is 329 g/mol. The average molecular weight is 352 g/mol. The Balaban J connectivity index is 3.16. The maximum atomic E-state index is 12.1. The molecule has 0 aliphatic carbocycles. The van der Waals surface area contributed by atoms with E-state index in [1.807, 2.05) is 6.92 Å². The van der Waals surface area contributed by atoms with Gasteiger partial charge in [-0.15, -0.1) is 0 Å². The molecule has 6 heteroatoms. The van der Waals surface area contributed by atoms with Gasteiger partial charge >= 0.3 is 0 Å². The number of hydrogen-bond acceptors (Lipinski definition) is 3. The van der Waals surface area contributed by atoms with Crippen molar-refractivity contribution in [2.45, 2.75) is 44.4 Å². The molecule has 1 rings (SSSR count). The predicted octanol–water partition coefficient (Wildman–Crippen LogP) is 3.73. The highest BCUT2D eigenvalue weighted by Crippen LogP contribution is 2.30. The van der Waals surface area contributed by atoms with Crippen molar-refractivity contribution in [2.75, 3.05) is 12.8 Å². The Bertz CT molecular complexity index is 565. The van der Waals surface area contributed by atoms with Crippen molar-refractivity contribution in [2.24, 2.45) is 0 Å². The van der Waals surface area contributed by atoms with E-state index in [9.17, 15) is 8.42 Å². The molecule has 1 aromatic carbocycles. The highest BCUT2D eigenvalue weighted by atomic mass is 35.5. The van der Waals surface area contributed by atoms with E-state index < -0.39 is 14.6 Å². The molecule has 3 nitrogen and oxygen atoms in total. The third kappa shape index (κ3) is 4.59. The Morgan fingerprint density at radius 1 is 1.24 bits per heavy atom. The van der Waals surface area contributed by atoms with E-state index in [-0.39, 0.29) is 6.04 Å². The van der Waals surface area contributed by atoms with Crippen LogP contribution in [0.25, 0.3) is 0 Å². The molecule has 1 unspecified atom stereocenters. The highest BCUT2D eigenvalue weighted by Gasteiger charge is 2.39. The van der Waals surface area contributed by atoms with Crippen molar-refractivity contribution in [1.29, 1.82) is 0 Å². The van der Waals surface area contributed by atoms with Gasteiger partial charge in [-0.1, -0.05) is 36.2 Å². The standard InChI is InChI=1S/C15H23Cl2NO2S/c1-5-9-18-14(15(2,3)21(4,19)20)10-11-12(16)7-6-8-13(11)17/h6-8,14,18H,5,9-10H2,1-4H3. The van der Waals surface area contributed by atoms with Crippen LogP contribution in [0.15, 0.2) is 18.2 Å². The summed E-state index contributed by atoms with van der Waals surface area (Å²) < 4.78 is 23.3. The van der Waals surface area contributed by atoms with E-state index in [4.69, 9.17) is 23.2 Å².